The lowest BCUT2D eigenvalue weighted by molar-refractivity contribution is -0.116. The highest BCUT2D eigenvalue weighted by atomic mass is 16.1. The van der Waals surface area contributed by atoms with Gasteiger partial charge in [-0.05, 0) is 36.6 Å². The monoisotopic (exact) mass is 341 g/mol. The fraction of sp³-hybridized carbons (Fsp3) is 0.125. The van der Waals surface area contributed by atoms with Crippen LogP contribution in [0.3, 0.4) is 0 Å². The maximum Gasteiger partial charge on any atom is 0.244 e. The van der Waals surface area contributed by atoms with E-state index >= 15 is 0 Å². The summed E-state index contributed by atoms with van der Waals surface area (Å²) in [6.45, 7) is 4.11. The maximum absolute atomic E-state index is 12.5. The minimum absolute atomic E-state index is 0.111. The van der Waals surface area contributed by atoms with Crippen LogP contribution < -0.4 is 5.32 Å². The molecule has 1 amide bonds. The third-order valence-electron chi connectivity index (χ3n) is 4.33. The predicted octanol–water partition coefficient (Wildman–Crippen LogP) is 5.22. The highest BCUT2D eigenvalue weighted by molar-refractivity contribution is 5.92. The molecule has 0 aliphatic carbocycles. The third kappa shape index (κ3) is 4.70. The van der Waals surface area contributed by atoms with Gasteiger partial charge in [0.05, 0.1) is 6.04 Å². The lowest BCUT2D eigenvalue weighted by atomic mass is 9.98. The van der Waals surface area contributed by atoms with E-state index in [1.807, 2.05) is 67.6 Å². The number of carbonyl (C=O) groups is 1. The molecule has 26 heavy (non-hydrogen) atoms. The standard InChI is InChI=1S/C24H23NO/c1-18-8-12-20(13-9-18)14-17-23(26)25-24(21-6-4-3-5-7-21)22-15-10-19(2)11-16-22/h3-17,24H,1-2H3,(H,25,26)/b17-14+. The van der Waals surface area contributed by atoms with Crippen LogP contribution in [0.25, 0.3) is 6.08 Å². The third-order valence-corrected chi connectivity index (χ3v) is 4.33. The molecule has 1 N–H and O–H groups in total. The SMILES string of the molecule is Cc1ccc(/C=C/C(=O)NC(c2ccccc2)c2ccc(C)cc2)cc1. The summed E-state index contributed by atoms with van der Waals surface area (Å²) in [7, 11) is 0. The molecule has 0 spiro atoms. The van der Waals surface area contributed by atoms with Crippen LogP contribution in [-0.2, 0) is 4.79 Å². The Morgan fingerprint density at radius 2 is 1.31 bits per heavy atom. The molecule has 0 bridgehead atoms. The van der Waals surface area contributed by atoms with E-state index in [9.17, 15) is 4.79 Å². The van der Waals surface area contributed by atoms with Crippen LogP contribution in [0.4, 0.5) is 0 Å². The number of nitrogens with one attached hydrogen (secondary N) is 1. The van der Waals surface area contributed by atoms with Crippen molar-refractivity contribution in [2.24, 2.45) is 0 Å². The van der Waals surface area contributed by atoms with Crippen molar-refractivity contribution in [2.45, 2.75) is 19.9 Å². The van der Waals surface area contributed by atoms with Crippen molar-refractivity contribution in [3.8, 4) is 0 Å². The van der Waals surface area contributed by atoms with E-state index in [2.05, 4.69) is 36.5 Å². The van der Waals surface area contributed by atoms with Crippen LogP contribution in [-0.4, -0.2) is 5.91 Å². The number of rotatable bonds is 5. The van der Waals surface area contributed by atoms with Gasteiger partial charge in [0.1, 0.15) is 0 Å². The molecule has 0 aromatic heterocycles. The van der Waals surface area contributed by atoms with Crippen LogP contribution in [0.1, 0.15) is 33.9 Å². The Morgan fingerprint density at radius 3 is 1.92 bits per heavy atom. The molecule has 0 saturated heterocycles. The highest BCUT2D eigenvalue weighted by Gasteiger charge is 2.15. The van der Waals surface area contributed by atoms with Gasteiger partial charge in [-0.25, -0.2) is 0 Å². The van der Waals surface area contributed by atoms with Gasteiger partial charge in [-0.15, -0.1) is 0 Å². The summed E-state index contributed by atoms with van der Waals surface area (Å²) in [5.41, 5.74) is 5.55. The largest absolute Gasteiger partial charge is 0.342 e. The molecule has 3 aromatic carbocycles. The first-order valence-corrected chi connectivity index (χ1v) is 8.78. The van der Waals surface area contributed by atoms with Gasteiger partial charge in [-0.3, -0.25) is 4.79 Å². The summed E-state index contributed by atoms with van der Waals surface area (Å²) in [4.78, 5) is 12.5. The van der Waals surface area contributed by atoms with Crippen molar-refractivity contribution in [1.29, 1.82) is 0 Å². The first-order valence-electron chi connectivity index (χ1n) is 8.78. The van der Waals surface area contributed by atoms with Gasteiger partial charge in [-0.1, -0.05) is 90.0 Å². The molecule has 0 fully saturated rings. The number of hydrogen-bond acceptors (Lipinski definition) is 1. The number of benzene rings is 3. The molecule has 3 aromatic rings. The second-order valence-corrected chi connectivity index (χ2v) is 6.51. The summed E-state index contributed by atoms with van der Waals surface area (Å²) in [5, 5.41) is 3.12. The summed E-state index contributed by atoms with van der Waals surface area (Å²) >= 11 is 0. The van der Waals surface area contributed by atoms with E-state index < -0.39 is 0 Å². The van der Waals surface area contributed by atoms with E-state index in [1.54, 1.807) is 6.08 Å². The highest BCUT2D eigenvalue weighted by Crippen LogP contribution is 2.22. The van der Waals surface area contributed by atoms with Gasteiger partial charge >= 0.3 is 0 Å². The van der Waals surface area contributed by atoms with E-state index in [1.165, 1.54) is 11.1 Å². The topological polar surface area (TPSA) is 29.1 Å². The molecular weight excluding hydrogens is 318 g/mol. The van der Waals surface area contributed by atoms with Gasteiger partial charge in [0.2, 0.25) is 5.91 Å². The van der Waals surface area contributed by atoms with Crippen molar-refractivity contribution < 1.29 is 4.79 Å². The van der Waals surface area contributed by atoms with E-state index in [4.69, 9.17) is 0 Å². The molecule has 3 rings (SSSR count). The Morgan fingerprint density at radius 1 is 0.769 bits per heavy atom. The number of aryl methyl sites for hydroxylation is 2. The average molecular weight is 341 g/mol. The Labute approximate surface area is 155 Å². The van der Waals surface area contributed by atoms with Crippen LogP contribution in [0.15, 0.2) is 84.9 Å². The molecule has 2 heteroatoms. The molecule has 130 valence electrons. The van der Waals surface area contributed by atoms with Crippen LogP contribution in [0.2, 0.25) is 0 Å². The zero-order valence-electron chi connectivity index (χ0n) is 15.1. The summed E-state index contributed by atoms with van der Waals surface area (Å²) in [5.74, 6) is -0.111. The average Bonchev–Trinajstić information content (AvgIpc) is 2.67. The van der Waals surface area contributed by atoms with E-state index in [0.717, 1.165) is 16.7 Å². The van der Waals surface area contributed by atoms with Gasteiger partial charge in [-0.2, -0.15) is 0 Å². The van der Waals surface area contributed by atoms with Crippen LogP contribution in [0.5, 0.6) is 0 Å². The number of hydrogen-bond donors (Lipinski definition) is 1. The van der Waals surface area contributed by atoms with E-state index in [0.29, 0.717) is 0 Å². The molecule has 1 unspecified atom stereocenters. The fourth-order valence-electron chi connectivity index (χ4n) is 2.80. The van der Waals surface area contributed by atoms with Gasteiger partial charge in [0, 0.05) is 6.08 Å². The summed E-state index contributed by atoms with van der Waals surface area (Å²) in [6.07, 6.45) is 3.43. The van der Waals surface area contributed by atoms with Gasteiger partial charge in [0.25, 0.3) is 0 Å². The quantitative estimate of drug-likeness (QED) is 0.633. The molecule has 0 saturated carbocycles. The van der Waals surface area contributed by atoms with Crippen molar-refractivity contribution in [2.75, 3.05) is 0 Å². The summed E-state index contributed by atoms with van der Waals surface area (Å²) < 4.78 is 0. The van der Waals surface area contributed by atoms with Gasteiger partial charge < -0.3 is 5.32 Å². The first-order chi connectivity index (χ1) is 12.6. The van der Waals surface area contributed by atoms with Crippen molar-refractivity contribution in [1.82, 2.24) is 5.32 Å². The Hall–Kier alpha value is -3.13. The molecule has 0 heterocycles. The maximum atomic E-state index is 12.5. The molecule has 0 radical (unpaired) electrons. The fourth-order valence-corrected chi connectivity index (χ4v) is 2.80. The Kier molecular flexibility index (Phi) is 5.65. The minimum Gasteiger partial charge on any atom is -0.342 e. The molecule has 2 nitrogen and oxygen atoms in total. The molecule has 0 aliphatic heterocycles. The second-order valence-electron chi connectivity index (χ2n) is 6.51. The zero-order chi connectivity index (χ0) is 18.4. The first kappa shape index (κ1) is 17.7. The summed E-state index contributed by atoms with van der Waals surface area (Å²) in [6, 6.07) is 26.2. The van der Waals surface area contributed by atoms with E-state index in [-0.39, 0.29) is 11.9 Å². The second kappa shape index (κ2) is 8.30. The normalized spacial score (nSPS) is 12.1. The van der Waals surface area contributed by atoms with Gasteiger partial charge in [0.15, 0.2) is 0 Å². The molecule has 0 aliphatic rings. The smallest absolute Gasteiger partial charge is 0.244 e. The Balaban J connectivity index is 1.80. The lowest BCUT2D eigenvalue weighted by Gasteiger charge is -2.19. The number of amides is 1. The zero-order valence-corrected chi connectivity index (χ0v) is 15.1. The Bertz CT molecular complexity index is 878. The van der Waals surface area contributed by atoms with Crippen LogP contribution in [0, 0.1) is 13.8 Å². The number of carbonyl (C=O) groups excluding carboxylic acids is 1. The van der Waals surface area contributed by atoms with Crippen molar-refractivity contribution in [3.63, 3.8) is 0 Å². The van der Waals surface area contributed by atoms with Crippen LogP contribution >= 0.6 is 0 Å². The van der Waals surface area contributed by atoms with Crippen molar-refractivity contribution >= 4 is 12.0 Å². The molecular formula is C24H23NO. The lowest BCUT2D eigenvalue weighted by Crippen LogP contribution is -2.27. The predicted molar refractivity (Wildman–Crippen MR) is 108 cm³/mol. The van der Waals surface area contributed by atoms with Crippen molar-refractivity contribution in [3.05, 3.63) is 113 Å². The molecule has 1 atom stereocenters. The minimum atomic E-state index is -0.174.